The molecule has 1 N–H and O–H groups in total. The fourth-order valence-electron chi connectivity index (χ4n) is 2.25. The molecule has 0 spiro atoms. The third kappa shape index (κ3) is 7.32. The molecule has 0 aromatic heterocycles. The lowest BCUT2D eigenvalue weighted by Gasteiger charge is -2.21. The van der Waals surface area contributed by atoms with Crippen molar-refractivity contribution in [1.82, 2.24) is 5.48 Å². The molecule has 1 aromatic carbocycles. The normalized spacial score (nSPS) is 17.7. The Morgan fingerprint density at radius 1 is 1.24 bits per heavy atom. The lowest BCUT2D eigenvalue weighted by atomic mass is 10.1. The Bertz CT molecular complexity index is 632. The topological polar surface area (TPSA) is 73.9 Å². The van der Waals surface area contributed by atoms with Crippen molar-refractivity contribution in [2.24, 2.45) is 0 Å². The van der Waals surface area contributed by atoms with Crippen LogP contribution < -0.4 is 5.48 Å². The van der Waals surface area contributed by atoms with E-state index in [0.717, 1.165) is 30.4 Å². The molecule has 0 saturated carbocycles. The summed E-state index contributed by atoms with van der Waals surface area (Å²) in [5.41, 5.74) is 4.03. The molecule has 2 rings (SSSR count). The summed E-state index contributed by atoms with van der Waals surface area (Å²) in [6, 6.07) is 7.41. The van der Waals surface area contributed by atoms with Crippen LogP contribution in [0.2, 0.25) is 0 Å². The molecule has 1 aromatic rings. The van der Waals surface area contributed by atoms with Crippen LogP contribution in [0.3, 0.4) is 0 Å². The van der Waals surface area contributed by atoms with Crippen LogP contribution in [-0.2, 0) is 23.9 Å². The molecule has 1 aliphatic rings. The molecule has 1 fully saturated rings. The third-order valence-corrected chi connectivity index (χ3v) is 3.47. The molecule has 1 amide bonds. The van der Waals surface area contributed by atoms with Crippen molar-refractivity contribution in [2.75, 3.05) is 13.2 Å². The molecule has 0 aliphatic carbocycles. The average molecular weight is 345 g/mol. The lowest BCUT2D eigenvalue weighted by molar-refractivity contribution is -0.198. The van der Waals surface area contributed by atoms with Crippen LogP contribution in [-0.4, -0.2) is 31.4 Å². The minimum Gasteiger partial charge on any atom is -0.463 e. The molecule has 134 valence electrons. The number of carbonyl (C=O) groups is 2. The van der Waals surface area contributed by atoms with E-state index in [1.54, 1.807) is 19.1 Å². The summed E-state index contributed by atoms with van der Waals surface area (Å²) < 4.78 is 10.2. The van der Waals surface area contributed by atoms with Gasteiger partial charge in [-0.15, -0.1) is 0 Å². The van der Waals surface area contributed by atoms with Gasteiger partial charge in [0.1, 0.15) is 0 Å². The number of benzene rings is 1. The first kappa shape index (κ1) is 18.9. The van der Waals surface area contributed by atoms with E-state index in [1.165, 1.54) is 12.2 Å². The fraction of sp³-hybridized carbons (Fsp3) is 0.368. The van der Waals surface area contributed by atoms with Gasteiger partial charge in [0.15, 0.2) is 6.29 Å². The molecule has 0 radical (unpaired) electrons. The van der Waals surface area contributed by atoms with Crippen molar-refractivity contribution in [3.05, 3.63) is 47.5 Å². The highest BCUT2D eigenvalue weighted by Crippen LogP contribution is 2.12. The Hall–Kier alpha value is -2.44. The van der Waals surface area contributed by atoms with E-state index in [0.29, 0.717) is 13.2 Å². The highest BCUT2D eigenvalue weighted by Gasteiger charge is 2.14. The summed E-state index contributed by atoms with van der Waals surface area (Å²) in [6.45, 7) is 2.75. The summed E-state index contributed by atoms with van der Waals surface area (Å²) in [5, 5.41) is 0. The first-order valence-electron chi connectivity index (χ1n) is 8.37. The zero-order chi connectivity index (χ0) is 17.9. The van der Waals surface area contributed by atoms with Crippen LogP contribution in [0, 0.1) is 0 Å². The van der Waals surface area contributed by atoms with E-state index in [9.17, 15) is 9.59 Å². The minimum absolute atomic E-state index is 0.342. The third-order valence-electron chi connectivity index (χ3n) is 3.47. The summed E-state index contributed by atoms with van der Waals surface area (Å²) in [6.07, 6.45) is 8.55. The van der Waals surface area contributed by atoms with Crippen LogP contribution >= 0.6 is 0 Å². The summed E-state index contributed by atoms with van der Waals surface area (Å²) in [7, 11) is 0. The number of hydrogen-bond donors (Lipinski definition) is 1. The molecule has 1 aliphatic heterocycles. The van der Waals surface area contributed by atoms with Gasteiger partial charge in [-0.2, -0.15) is 0 Å². The number of esters is 1. The van der Waals surface area contributed by atoms with E-state index in [-0.39, 0.29) is 18.2 Å². The first-order chi connectivity index (χ1) is 12.2. The smallest absolute Gasteiger partial charge is 0.330 e. The van der Waals surface area contributed by atoms with Gasteiger partial charge >= 0.3 is 5.97 Å². The zero-order valence-corrected chi connectivity index (χ0v) is 14.3. The van der Waals surface area contributed by atoms with Crippen LogP contribution in [0.5, 0.6) is 0 Å². The number of hydrogen-bond acceptors (Lipinski definition) is 5. The Morgan fingerprint density at radius 3 is 2.68 bits per heavy atom. The Morgan fingerprint density at radius 2 is 2.00 bits per heavy atom. The van der Waals surface area contributed by atoms with Gasteiger partial charge in [-0.1, -0.05) is 18.2 Å². The molecular weight excluding hydrogens is 322 g/mol. The number of rotatable bonds is 7. The molecule has 0 bridgehead atoms. The monoisotopic (exact) mass is 345 g/mol. The van der Waals surface area contributed by atoms with Crippen LogP contribution in [0.4, 0.5) is 0 Å². The second-order valence-corrected chi connectivity index (χ2v) is 5.47. The van der Waals surface area contributed by atoms with E-state index in [4.69, 9.17) is 14.3 Å². The molecular formula is C19H23NO5. The largest absolute Gasteiger partial charge is 0.463 e. The number of hydroxylamine groups is 1. The summed E-state index contributed by atoms with van der Waals surface area (Å²) in [5.74, 6) is -0.744. The maximum Gasteiger partial charge on any atom is 0.330 e. The minimum atomic E-state index is -0.384. The fourth-order valence-corrected chi connectivity index (χ4v) is 2.25. The lowest BCUT2D eigenvalue weighted by Crippen LogP contribution is -2.32. The Kier molecular flexibility index (Phi) is 7.88. The maximum atomic E-state index is 11.8. The van der Waals surface area contributed by atoms with Crippen LogP contribution in [0.15, 0.2) is 36.4 Å². The standard InChI is InChI=1S/C19H23NO5/c1-2-23-18(22)12-10-16-7-5-6-15(14-16)9-11-17(21)20-25-19-8-3-4-13-24-19/h5-7,9-12,14,19H,2-4,8,13H2,1H3,(H,20,21)/b11-9+,12-10+. The maximum absolute atomic E-state index is 11.8. The summed E-state index contributed by atoms with van der Waals surface area (Å²) >= 11 is 0. The number of amides is 1. The SMILES string of the molecule is CCOC(=O)/C=C/c1cccc(/C=C/C(=O)NOC2CCCCO2)c1. The predicted molar refractivity (Wildman–Crippen MR) is 94.0 cm³/mol. The molecule has 1 heterocycles. The average Bonchev–Trinajstić information content (AvgIpc) is 2.64. The second-order valence-electron chi connectivity index (χ2n) is 5.47. The van der Waals surface area contributed by atoms with E-state index >= 15 is 0 Å². The molecule has 6 nitrogen and oxygen atoms in total. The van der Waals surface area contributed by atoms with E-state index < -0.39 is 0 Å². The number of carbonyl (C=O) groups excluding carboxylic acids is 2. The van der Waals surface area contributed by atoms with Crippen molar-refractivity contribution < 1.29 is 23.9 Å². The van der Waals surface area contributed by atoms with Crippen LogP contribution in [0.1, 0.15) is 37.3 Å². The predicted octanol–water partition coefficient (Wildman–Crippen LogP) is 2.85. The van der Waals surface area contributed by atoms with Crippen molar-refractivity contribution in [3.8, 4) is 0 Å². The van der Waals surface area contributed by atoms with Gasteiger partial charge in [-0.25, -0.2) is 15.1 Å². The molecule has 6 heteroatoms. The van der Waals surface area contributed by atoms with Crippen molar-refractivity contribution in [3.63, 3.8) is 0 Å². The van der Waals surface area contributed by atoms with Crippen molar-refractivity contribution >= 4 is 24.0 Å². The second kappa shape index (κ2) is 10.4. The van der Waals surface area contributed by atoms with Gasteiger partial charge in [0, 0.05) is 25.2 Å². The van der Waals surface area contributed by atoms with E-state index in [1.807, 2.05) is 24.3 Å². The van der Waals surface area contributed by atoms with Gasteiger partial charge in [0.2, 0.25) is 0 Å². The van der Waals surface area contributed by atoms with Crippen LogP contribution in [0.25, 0.3) is 12.2 Å². The number of ether oxygens (including phenoxy) is 2. The van der Waals surface area contributed by atoms with Gasteiger partial charge in [0.05, 0.1) is 6.61 Å². The highest BCUT2D eigenvalue weighted by atomic mass is 16.8. The summed E-state index contributed by atoms with van der Waals surface area (Å²) in [4.78, 5) is 28.3. The molecule has 1 atom stereocenters. The Balaban J connectivity index is 1.84. The highest BCUT2D eigenvalue weighted by molar-refractivity contribution is 5.91. The zero-order valence-electron chi connectivity index (χ0n) is 14.3. The van der Waals surface area contributed by atoms with Gasteiger partial charge in [0.25, 0.3) is 5.91 Å². The molecule has 25 heavy (non-hydrogen) atoms. The van der Waals surface area contributed by atoms with Crippen molar-refractivity contribution in [1.29, 1.82) is 0 Å². The number of nitrogens with one attached hydrogen (secondary N) is 1. The first-order valence-corrected chi connectivity index (χ1v) is 8.37. The quantitative estimate of drug-likeness (QED) is 0.467. The Labute approximate surface area is 147 Å². The molecule has 1 unspecified atom stereocenters. The van der Waals surface area contributed by atoms with E-state index in [2.05, 4.69) is 5.48 Å². The van der Waals surface area contributed by atoms with Gasteiger partial charge in [-0.3, -0.25) is 4.79 Å². The van der Waals surface area contributed by atoms with Gasteiger partial charge in [-0.05, 0) is 49.1 Å². The van der Waals surface area contributed by atoms with Gasteiger partial charge < -0.3 is 9.47 Å². The van der Waals surface area contributed by atoms with Crippen molar-refractivity contribution in [2.45, 2.75) is 32.5 Å². The molecule has 1 saturated heterocycles.